The van der Waals surface area contributed by atoms with Crippen LogP contribution in [0.15, 0.2) is 71.1 Å². The van der Waals surface area contributed by atoms with Crippen molar-refractivity contribution in [3.05, 3.63) is 87.2 Å². The van der Waals surface area contributed by atoms with Gasteiger partial charge in [-0.25, -0.2) is 4.79 Å². The highest BCUT2D eigenvalue weighted by molar-refractivity contribution is 6.30. The van der Waals surface area contributed by atoms with Crippen molar-refractivity contribution in [2.24, 2.45) is 0 Å². The molecule has 0 aromatic heterocycles. The molecule has 0 saturated carbocycles. The van der Waals surface area contributed by atoms with E-state index in [1.54, 1.807) is 6.92 Å². The van der Waals surface area contributed by atoms with Gasteiger partial charge in [0.2, 0.25) is 0 Å². The Labute approximate surface area is 193 Å². The molecule has 1 aliphatic carbocycles. The normalized spacial score (nSPS) is 18.2. The summed E-state index contributed by atoms with van der Waals surface area (Å²) in [4.78, 5) is 25.7. The summed E-state index contributed by atoms with van der Waals surface area (Å²) in [6.07, 6.45) is 2.11. The fourth-order valence-electron chi connectivity index (χ4n) is 4.30. The first kappa shape index (κ1) is 22.2. The van der Waals surface area contributed by atoms with Crippen molar-refractivity contribution in [2.75, 3.05) is 6.61 Å². The number of allylic oxidation sites excluding steroid dienone is 3. The second-order valence-corrected chi connectivity index (χ2v) is 8.41. The Morgan fingerprint density at radius 2 is 1.81 bits per heavy atom. The van der Waals surface area contributed by atoms with Gasteiger partial charge in [-0.15, -0.1) is 0 Å². The van der Waals surface area contributed by atoms with E-state index in [9.17, 15) is 9.59 Å². The van der Waals surface area contributed by atoms with Crippen LogP contribution in [0.4, 0.5) is 0 Å². The van der Waals surface area contributed by atoms with E-state index in [1.807, 2.05) is 55.5 Å². The molecule has 0 saturated heterocycles. The van der Waals surface area contributed by atoms with E-state index < -0.39 is 11.9 Å². The Bertz CT molecular complexity index is 1080. The zero-order chi connectivity index (χ0) is 22.7. The molecule has 1 atom stereocenters. The Kier molecular flexibility index (Phi) is 6.66. The Hall–Kier alpha value is -3.05. The lowest BCUT2D eigenvalue weighted by Gasteiger charge is -2.34. The molecule has 2 aromatic carbocycles. The SMILES string of the molecule is CCOC(=O)C1=C(C)NC2=C(C(=O)CCC2)C1c1ccc(OCc2ccc(Cl)cc2)cc1. The van der Waals surface area contributed by atoms with E-state index >= 15 is 0 Å². The third-order valence-corrected chi connectivity index (χ3v) is 6.06. The molecule has 0 spiro atoms. The predicted molar refractivity (Wildman–Crippen MR) is 123 cm³/mol. The fraction of sp³-hybridized carbons (Fsp3) is 0.308. The molecule has 2 aliphatic rings. The standard InChI is InChI=1S/C26H26ClNO4/c1-3-31-26(30)23-16(2)28-21-5-4-6-22(29)25(21)24(23)18-9-13-20(14-10-18)32-15-17-7-11-19(27)12-8-17/h7-14,24,28H,3-6,15H2,1-2H3. The minimum atomic E-state index is -0.441. The molecule has 1 aliphatic heterocycles. The van der Waals surface area contributed by atoms with E-state index in [0.29, 0.717) is 34.9 Å². The maximum absolute atomic E-state index is 12.9. The summed E-state index contributed by atoms with van der Waals surface area (Å²) in [7, 11) is 0. The molecule has 0 fully saturated rings. The number of Topliss-reactive ketones (excluding diaryl/α,β-unsaturated/α-hetero) is 1. The number of nitrogens with one attached hydrogen (secondary N) is 1. The molecular weight excluding hydrogens is 426 g/mol. The second-order valence-electron chi connectivity index (χ2n) is 7.97. The van der Waals surface area contributed by atoms with Gasteiger partial charge >= 0.3 is 5.97 Å². The summed E-state index contributed by atoms with van der Waals surface area (Å²) >= 11 is 5.93. The molecule has 32 heavy (non-hydrogen) atoms. The van der Waals surface area contributed by atoms with Crippen LogP contribution in [0.3, 0.4) is 0 Å². The molecule has 5 nitrogen and oxygen atoms in total. The van der Waals surface area contributed by atoms with Crippen molar-refractivity contribution in [1.29, 1.82) is 0 Å². The lowest BCUT2D eigenvalue weighted by molar-refractivity contribution is -0.138. The van der Waals surface area contributed by atoms with Gasteiger partial charge in [0.05, 0.1) is 12.2 Å². The van der Waals surface area contributed by atoms with Crippen molar-refractivity contribution in [3.63, 3.8) is 0 Å². The van der Waals surface area contributed by atoms with E-state index in [1.165, 1.54) is 0 Å². The number of esters is 1. The van der Waals surface area contributed by atoms with Gasteiger partial charge < -0.3 is 14.8 Å². The van der Waals surface area contributed by atoms with Crippen molar-refractivity contribution < 1.29 is 19.1 Å². The number of dihydropyridines is 1. The van der Waals surface area contributed by atoms with Gasteiger partial charge in [0.25, 0.3) is 0 Å². The lowest BCUT2D eigenvalue weighted by Crippen LogP contribution is -2.34. The lowest BCUT2D eigenvalue weighted by atomic mass is 9.75. The quantitative estimate of drug-likeness (QED) is 0.591. The first-order valence-corrected chi connectivity index (χ1v) is 11.2. The summed E-state index contributed by atoms with van der Waals surface area (Å²) < 4.78 is 11.2. The molecule has 0 amide bonds. The van der Waals surface area contributed by atoms with Crippen molar-refractivity contribution in [2.45, 2.75) is 45.6 Å². The van der Waals surface area contributed by atoms with E-state index in [-0.39, 0.29) is 12.4 Å². The van der Waals surface area contributed by atoms with Crippen LogP contribution in [-0.2, 0) is 20.9 Å². The first-order chi connectivity index (χ1) is 15.5. The minimum Gasteiger partial charge on any atom is -0.489 e. The molecule has 0 radical (unpaired) electrons. The zero-order valence-electron chi connectivity index (χ0n) is 18.2. The first-order valence-electron chi connectivity index (χ1n) is 10.9. The summed E-state index contributed by atoms with van der Waals surface area (Å²) in [5.74, 6) is -0.0415. The largest absolute Gasteiger partial charge is 0.489 e. The Balaban J connectivity index is 1.62. The van der Waals surface area contributed by atoms with Crippen molar-refractivity contribution in [3.8, 4) is 5.75 Å². The van der Waals surface area contributed by atoms with Crippen LogP contribution in [0.5, 0.6) is 5.75 Å². The number of ether oxygens (including phenoxy) is 2. The average molecular weight is 452 g/mol. The molecule has 1 heterocycles. The van der Waals surface area contributed by atoms with E-state index in [2.05, 4.69) is 5.32 Å². The number of carbonyl (C=O) groups is 2. The summed E-state index contributed by atoms with van der Waals surface area (Å²) in [5, 5.41) is 3.98. The number of halogens is 1. The molecule has 4 rings (SSSR count). The highest BCUT2D eigenvalue weighted by atomic mass is 35.5. The second kappa shape index (κ2) is 9.61. The highest BCUT2D eigenvalue weighted by Gasteiger charge is 2.38. The topological polar surface area (TPSA) is 64.6 Å². The highest BCUT2D eigenvalue weighted by Crippen LogP contribution is 2.42. The maximum Gasteiger partial charge on any atom is 0.336 e. The van der Waals surface area contributed by atoms with Crippen LogP contribution in [0.2, 0.25) is 5.02 Å². The summed E-state index contributed by atoms with van der Waals surface area (Å²) in [5.41, 5.74) is 4.72. The number of hydrogen-bond donors (Lipinski definition) is 1. The summed E-state index contributed by atoms with van der Waals surface area (Å²) in [6, 6.07) is 15.1. The van der Waals surface area contributed by atoms with Crippen LogP contribution in [0.25, 0.3) is 0 Å². The molecule has 0 bridgehead atoms. The third kappa shape index (κ3) is 4.58. The zero-order valence-corrected chi connectivity index (χ0v) is 19.0. The van der Waals surface area contributed by atoms with Crippen LogP contribution < -0.4 is 10.1 Å². The third-order valence-electron chi connectivity index (χ3n) is 5.80. The fourth-order valence-corrected chi connectivity index (χ4v) is 4.43. The van der Waals surface area contributed by atoms with Crippen LogP contribution in [0, 0.1) is 0 Å². The van der Waals surface area contributed by atoms with E-state index in [4.69, 9.17) is 21.1 Å². The predicted octanol–water partition coefficient (Wildman–Crippen LogP) is 5.45. The molecular formula is C26H26ClNO4. The molecule has 2 aromatic rings. The Morgan fingerprint density at radius 3 is 2.50 bits per heavy atom. The maximum atomic E-state index is 12.9. The van der Waals surface area contributed by atoms with Crippen LogP contribution >= 0.6 is 11.6 Å². The van der Waals surface area contributed by atoms with Gasteiger partial charge in [-0.1, -0.05) is 35.9 Å². The number of rotatable bonds is 6. The smallest absolute Gasteiger partial charge is 0.336 e. The number of carbonyl (C=O) groups excluding carboxylic acids is 2. The summed E-state index contributed by atoms with van der Waals surface area (Å²) in [6.45, 7) is 4.35. The van der Waals surface area contributed by atoms with Gasteiger partial charge in [0, 0.05) is 34.3 Å². The average Bonchev–Trinajstić information content (AvgIpc) is 2.78. The van der Waals surface area contributed by atoms with Gasteiger partial charge in [0.1, 0.15) is 12.4 Å². The molecule has 1 unspecified atom stereocenters. The van der Waals surface area contributed by atoms with Gasteiger partial charge in [-0.3, -0.25) is 4.79 Å². The number of benzene rings is 2. The van der Waals surface area contributed by atoms with E-state index in [0.717, 1.165) is 35.4 Å². The van der Waals surface area contributed by atoms with Crippen LogP contribution in [-0.4, -0.2) is 18.4 Å². The van der Waals surface area contributed by atoms with Crippen molar-refractivity contribution >= 4 is 23.4 Å². The number of hydrogen-bond acceptors (Lipinski definition) is 5. The van der Waals surface area contributed by atoms with Gasteiger partial charge in [-0.05, 0) is 62.1 Å². The molecule has 1 N–H and O–H groups in total. The van der Waals surface area contributed by atoms with Crippen LogP contribution in [0.1, 0.15) is 50.2 Å². The van der Waals surface area contributed by atoms with Gasteiger partial charge in [-0.2, -0.15) is 0 Å². The Morgan fingerprint density at radius 1 is 1.09 bits per heavy atom. The molecule has 166 valence electrons. The number of ketones is 1. The minimum absolute atomic E-state index is 0.0844. The van der Waals surface area contributed by atoms with Crippen molar-refractivity contribution in [1.82, 2.24) is 5.32 Å². The van der Waals surface area contributed by atoms with Gasteiger partial charge in [0.15, 0.2) is 5.78 Å². The molecule has 6 heteroatoms. The monoisotopic (exact) mass is 451 g/mol.